The molecule has 7 heteroatoms. The lowest BCUT2D eigenvalue weighted by atomic mass is 9.96. The van der Waals surface area contributed by atoms with E-state index < -0.39 is 0 Å². The largest absolute Gasteiger partial charge is 0.340 e. The molecule has 1 aliphatic rings. The van der Waals surface area contributed by atoms with E-state index in [1.807, 2.05) is 4.40 Å². The maximum absolute atomic E-state index is 4.32. The zero-order chi connectivity index (χ0) is 12.7. The molecule has 0 aromatic carbocycles. The van der Waals surface area contributed by atoms with E-state index in [1.165, 1.54) is 12.8 Å². The first-order chi connectivity index (χ1) is 9.42. The van der Waals surface area contributed by atoms with Crippen LogP contribution in [-0.2, 0) is 6.42 Å². The van der Waals surface area contributed by atoms with Crippen LogP contribution in [-0.4, -0.2) is 42.6 Å². The molecule has 2 N–H and O–H groups in total. The molecule has 1 saturated heterocycles. The molecule has 3 aromatic rings. The molecule has 98 valence electrons. The summed E-state index contributed by atoms with van der Waals surface area (Å²) in [7, 11) is 0. The van der Waals surface area contributed by atoms with Crippen molar-refractivity contribution in [3.05, 3.63) is 18.5 Å². The molecule has 0 radical (unpaired) electrons. The van der Waals surface area contributed by atoms with Gasteiger partial charge < -0.3 is 10.3 Å². The van der Waals surface area contributed by atoms with Gasteiger partial charge in [0, 0.05) is 6.42 Å². The second-order valence-corrected chi connectivity index (χ2v) is 5.07. The van der Waals surface area contributed by atoms with E-state index in [4.69, 9.17) is 0 Å². The topological polar surface area (TPSA) is 83.8 Å². The number of rotatable bonds is 2. The summed E-state index contributed by atoms with van der Waals surface area (Å²) < 4.78 is 1.97. The molecule has 1 unspecified atom stereocenters. The lowest BCUT2D eigenvalue weighted by molar-refractivity contribution is 0.370. The molecular formula is C12H15N7. The maximum atomic E-state index is 4.32. The summed E-state index contributed by atoms with van der Waals surface area (Å²) in [5.74, 6) is 1.62. The molecule has 1 atom stereocenters. The number of hydrogen-bond donors (Lipinski definition) is 2. The summed E-state index contributed by atoms with van der Waals surface area (Å²) in [6, 6.07) is 0. The Bertz CT molecular complexity index is 707. The number of nitrogens with one attached hydrogen (secondary N) is 2. The van der Waals surface area contributed by atoms with Gasteiger partial charge in [-0.05, 0) is 31.8 Å². The van der Waals surface area contributed by atoms with Crippen LogP contribution in [0.25, 0.3) is 16.8 Å². The zero-order valence-electron chi connectivity index (χ0n) is 10.5. The van der Waals surface area contributed by atoms with E-state index in [0.29, 0.717) is 11.6 Å². The van der Waals surface area contributed by atoms with E-state index in [0.717, 1.165) is 36.5 Å². The smallest absolute Gasteiger partial charge is 0.189 e. The minimum atomic E-state index is 0.638. The summed E-state index contributed by atoms with van der Waals surface area (Å²) in [6.07, 6.45) is 6.84. The standard InChI is InChI=1S/C12H15N7/c1-2-8(5-13-3-1)4-9-17-18-12-10-11(15-6-14-10)16-7-19(9)12/h6-8,13H,1-5H2,(H,14,15). The van der Waals surface area contributed by atoms with Gasteiger partial charge in [0.1, 0.15) is 17.7 Å². The highest BCUT2D eigenvalue weighted by Gasteiger charge is 2.18. The molecule has 7 nitrogen and oxygen atoms in total. The van der Waals surface area contributed by atoms with Crippen LogP contribution in [0, 0.1) is 5.92 Å². The van der Waals surface area contributed by atoms with Gasteiger partial charge in [0.25, 0.3) is 0 Å². The van der Waals surface area contributed by atoms with Crippen LogP contribution in [0.1, 0.15) is 18.7 Å². The summed E-state index contributed by atoms with van der Waals surface area (Å²) in [5, 5.41) is 12.0. The minimum absolute atomic E-state index is 0.638. The van der Waals surface area contributed by atoms with Crippen molar-refractivity contribution in [2.45, 2.75) is 19.3 Å². The van der Waals surface area contributed by atoms with Gasteiger partial charge in [0.05, 0.1) is 6.33 Å². The summed E-state index contributed by atoms with van der Waals surface area (Å²) >= 11 is 0. The average molecular weight is 257 g/mol. The van der Waals surface area contributed by atoms with E-state index in [-0.39, 0.29) is 0 Å². The van der Waals surface area contributed by atoms with Gasteiger partial charge in [-0.3, -0.25) is 4.40 Å². The quantitative estimate of drug-likeness (QED) is 0.700. The Balaban J connectivity index is 1.73. The number of H-pyrrole nitrogens is 1. The number of aromatic amines is 1. The molecule has 0 amide bonds. The average Bonchev–Trinajstić information content (AvgIpc) is 3.06. The first-order valence-electron chi connectivity index (χ1n) is 6.64. The Morgan fingerprint density at radius 2 is 2.32 bits per heavy atom. The predicted octanol–water partition coefficient (Wildman–Crippen LogP) is 0.543. The third kappa shape index (κ3) is 1.77. The van der Waals surface area contributed by atoms with Gasteiger partial charge in [-0.1, -0.05) is 0 Å². The molecule has 0 bridgehead atoms. The number of piperidine rings is 1. The van der Waals surface area contributed by atoms with Gasteiger partial charge in [-0.2, -0.15) is 0 Å². The second-order valence-electron chi connectivity index (χ2n) is 5.07. The van der Waals surface area contributed by atoms with Crippen molar-refractivity contribution in [3.63, 3.8) is 0 Å². The summed E-state index contributed by atoms with van der Waals surface area (Å²) in [4.78, 5) is 11.5. The van der Waals surface area contributed by atoms with Crippen molar-refractivity contribution in [2.24, 2.45) is 5.92 Å². The van der Waals surface area contributed by atoms with Gasteiger partial charge in [-0.25, -0.2) is 9.97 Å². The van der Waals surface area contributed by atoms with Crippen LogP contribution >= 0.6 is 0 Å². The number of fused-ring (bicyclic) bond motifs is 3. The molecule has 0 spiro atoms. The van der Waals surface area contributed by atoms with E-state index in [2.05, 4.69) is 30.5 Å². The minimum Gasteiger partial charge on any atom is -0.340 e. The highest BCUT2D eigenvalue weighted by atomic mass is 15.3. The zero-order valence-corrected chi connectivity index (χ0v) is 10.5. The van der Waals surface area contributed by atoms with Crippen LogP contribution in [0.4, 0.5) is 0 Å². The van der Waals surface area contributed by atoms with Crippen molar-refractivity contribution in [1.82, 2.24) is 34.9 Å². The van der Waals surface area contributed by atoms with Crippen LogP contribution in [0.2, 0.25) is 0 Å². The molecule has 3 aromatic heterocycles. The van der Waals surface area contributed by atoms with Gasteiger partial charge in [-0.15, -0.1) is 10.2 Å². The van der Waals surface area contributed by atoms with Crippen molar-refractivity contribution < 1.29 is 0 Å². The van der Waals surface area contributed by atoms with Crippen LogP contribution < -0.4 is 5.32 Å². The molecule has 1 aliphatic heterocycles. The van der Waals surface area contributed by atoms with E-state index in [1.54, 1.807) is 12.7 Å². The predicted molar refractivity (Wildman–Crippen MR) is 69.7 cm³/mol. The molecule has 19 heavy (non-hydrogen) atoms. The Morgan fingerprint density at radius 3 is 3.21 bits per heavy atom. The number of nitrogens with zero attached hydrogens (tertiary/aromatic N) is 5. The van der Waals surface area contributed by atoms with Crippen molar-refractivity contribution in [1.29, 1.82) is 0 Å². The fraction of sp³-hybridized carbons (Fsp3) is 0.500. The SMILES string of the molecule is c1nc2ncn3c(CC4CCCNC4)nnc3c2[nH]1. The number of hydrogen-bond acceptors (Lipinski definition) is 5. The lowest BCUT2D eigenvalue weighted by Gasteiger charge is -2.21. The van der Waals surface area contributed by atoms with Crippen molar-refractivity contribution in [2.75, 3.05) is 13.1 Å². The fourth-order valence-electron chi connectivity index (χ4n) is 2.77. The Morgan fingerprint density at radius 1 is 1.32 bits per heavy atom. The van der Waals surface area contributed by atoms with Crippen molar-refractivity contribution >= 4 is 16.8 Å². The second kappa shape index (κ2) is 4.27. The monoisotopic (exact) mass is 257 g/mol. The Hall–Kier alpha value is -2.02. The molecule has 4 heterocycles. The molecule has 0 aliphatic carbocycles. The first-order valence-corrected chi connectivity index (χ1v) is 6.64. The Kier molecular flexibility index (Phi) is 2.44. The highest BCUT2D eigenvalue weighted by Crippen LogP contribution is 2.18. The van der Waals surface area contributed by atoms with Crippen LogP contribution in [0.3, 0.4) is 0 Å². The Labute approximate surface area is 109 Å². The number of imidazole rings is 1. The molecular weight excluding hydrogens is 242 g/mol. The number of aromatic nitrogens is 6. The molecule has 1 fully saturated rings. The molecule has 0 saturated carbocycles. The van der Waals surface area contributed by atoms with E-state index in [9.17, 15) is 0 Å². The van der Waals surface area contributed by atoms with Gasteiger partial charge in [0.2, 0.25) is 0 Å². The molecule has 4 rings (SSSR count). The first kappa shape index (κ1) is 10.9. The fourth-order valence-corrected chi connectivity index (χ4v) is 2.77. The van der Waals surface area contributed by atoms with E-state index >= 15 is 0 Å². The normalized spacial score (nSPS) is 20.3. The third-order valence-corrected chi connectivity index (χ3v) is 3.78. The van der Waals surface area contributed by atoms with Crippen LogP contribution in [0.15, 0.2) is 12.7 Å². The van der Waals surface area contributed by atoms with Crippen molar-refractivity contribution in [3.8, 4) is 0 Å². The third-order valence-electron chi connectivity index (χ3n) is 3.78. The lowest BCUT2D eigenvalue weighted by Crippen LogP contribution is -2.31. The van der Waals surface area contributed by atoms with Crippen LogP contribution in [0.5, 0.6) is 0 Å². The summed E-state index contributed by atoms with van der Waals surface area (Å²) in [5.41, 5.74) is 2.34. The maximum Gasteiger partial charge on any atom is 0.189 e. The highest BCUT2D eigenvalue weighted by molar-refractivity contribution is 5.84. The summed E-state index contributed by atoms with van der Waals surface area (Å²) in [6.45, 7) is 2.20. The van der Waals surface area contributed by atoms with Gasteiger partial charge >= 0.3 is 0 Å². The van der Waals surface area contributed by atoms with Gasteiger partial charge in [0.15, 0.2) is 11.3 Å².